The fourth-order valence-electron chi connectivity index (χ4n) is 1.78. The number of hydrogen-bond donors (Lipinski definition) is 3. The summed E-state index contributed by atoms with van der Waals surface area (Å²) in [4.78, 5) is 0. The molecule has 2 rings (SSSR count). The van der Waals surface area contributed by atoms with Crippen LogP contribution in [0.25, 0.3) is 0 Å². The molecule has 0 saturated heterocycles. The van der Waals surface area contributed by atoms with E-state index in [0.29, 0.717) is 0 Å². The lowest BCUT2D eigenvalue weighted by Gasteiger charge is -2.25. The van der Waals surface area contributed by atoms with Gasteiger partial charge in [0.1, 0.15) is 0 Å². The van der Waals surface area contributed by atoms with Crippen LogP contribution in [0.1, 0.15) is 23.6 Å². The molecule has 4 N–H and O–H groups in total. The van der Waals surface area contributed by atoms with E-state index in [4.69, 9.17) is 10.8 Å². The highest BCUT2D eigenvalue weighted by molar-refractivity contribution is 5.60. The minimum Gasteiger partial charge on any atom is -0.392 e. The SMILES string of the molecule is NC1CCNc2c(CO)cccc21. The van der Waals surface area contributed by atoms with Crippen molar-refractivity contribution in [3.63, 3.8) is 0 Å². The van der Waals surface area contributed by atoms with Crippen molar-refractivity contribution in [3.8, 4) is 0 Å². The molecule has 1 atom stereocenters. The lowest BCUT2D eigenvalue weighted by molar-refractivity contribution is 0.282. The first kappa shape index (κ1) is 8.53. The second kappa shape index (κ2) is 3.36. The summed E-state index contributed by atoms with van der Waals surface area (Å²) in [5.41, 5.74) is 9.04. The van der Waals surface area contributed by atoms with E-state index in [1.807, 2.05) is 18.2 Å². The van der Waals surface area contributed by atoms with Crippen LogP contribution in [0.4, 0.5) is 5.69 Å². The second-order valence-electron chi connectivity index (χ2n) is 3.36. The van der Waals surface area contributed by atoms with Gasteiger partial charge in [-0.3, -0.25) is 0 Å². The zero-order valence-corrected chi connectivity index (χ0v) is 7.46. The summed E-state index contributed by atoms with van der Waals surface area (Å²) in [6.07, 6.45) is 0.960. The Morgan fingerprint density at radius 2 is 2.38 bits per heavy atom. The molecule has 70 valence electrons. The van der Waals surface area contributed by atoms with E-state index in [1.165, 1.54) is 0 Å². The minimum atomic E-state index is 0.0723. The van der Waals surface area contributed by atoms with E-state index < -0.39 is 0 Å². The molecule has 1 aromatic rings. The van der Waals surface area contributed by atoms with Crippen molar-refractivity contribution in [3.05, 3.63) is 29.3 Å². The number of aliphatic hydroxyl groups is 1. The van der Waals surface area contributed by atoms with Gasteiger partial charge in [-0.05, 0) is 12.0 Å². The lowest BCUT2D eigenvalue weighted by atomic mass is 9.96. The summed E-state index contributed by atoms with van der Waals surface area (Å²) in [5.74, 6) is 0. The zero-order chi connectivity index (χ0) is 9.26. The van der Waals surface area contributed by atoms with Crippen LogP contribution in [0.2, 0.25) is 0 Å². The summed E-state index contributed by atoms with van der Waals surface area (Å²) in [6, 6.07) is 6.00. The normalized spacial score (nSPS) is 20.6. The third-order valence-electron chi connectivity index (χ3n) is 2.51. The predicted octanol–water partition coefficient (Wildman–Crippen LogP) is 0.994. The highest BCUT2D eigenvalue weighted by atomic mass is 16.3. The maximum atomic E-state index is 9.10. The van der Waals surface area contributed by atoms with Crippen molar-refractivity contribution in [2.45, 2.75) is 19.1 Å². The first-order valence-electron chi connectivity index (χ1n) is 4.55. The Bertz CT molecular complexity index is 312. The smallest absolute Gasteiger partial charge is 0.0702 e. The molecule has 0 spiro atoms. The van der Waals surface area contributed by atoms with Crippen molar-refractivity contribution in [1.29, 1.82) is 0 Å². The van der Waals surface area contributed by atoms with E-state index in [0.717, 1.165) is 29.8 Å². The maximum absolute atomic E-state index is 9.10. The van der Waals surface area contributed by atoms with Gasteiger partial charge in [-0.15, -0.1) is 0 Å². The van der Waals surface area contributed by atoms with Gasteiger partial charge >= 0.3 is 0 Å². The number of fused-ring (bicyclic) bond motifs is 1. The van der Waals surface area contributed by atoms with Gasteiger partial charge in [-0.2, -0.15) is 0 Å². The molecule has 0 amide bonds. The first-order chi connectivity index (χ1) is 6.33. The largest absolute Gasteiger partial charge is 0.392 e. The summed E-state index contributed by atoms with van der Waals surface area (Å²) in [6.45, 7) is 0.966. The number of anilines is 1. The molecule has 0 bridgehead atoms. The summed E-state index contributed by atoms with van der Waals surface area (Å²) in [7, 11) is 0. The second-order valence-corrected chi connectivity index (χ2v) is 3.36. The summed E-state index contributed by atoms with van der Waals surface area (Å²) < 4.78 is 0. The van der Waals surface area contributed by atoms with E-state index in [2.05, 4.69) is 5.32 Å². The van der Waals surface area contributed by atoms with Crippen LogP contribution in [0.15, 0.2) is 18.2 Å². The predicted molar refractivity (Wildman–Crippen MR) is 52.4 cm³/mol. The van der Waals surface area contributed by atoms with Crippen LogP contribution in [-0.2, 0) is 6.61 Å². The average Bonchev–Trinajstić information content (AvgIpc) is 2.18. The van der Waals surface area contributed by atoms with Gasteiger partial charge in [-0.25, -0.2) is 0 Å². The molecule has 13 heavy (non-hydrogen) atoms. The van der Waals surface area contributed by atoms with Crippen molar-refractivity contribution < 1.29 is 5.11 Å². The molecule has 1 unspecified atom stereocenters. The Hall–Kier alpha value is -1.06. The Kier molecular flexibility index (Phi) is 2.20. The fraction of sp³-hybridized carbons (Fsp3) is 0.400. The zero-order valence-electron chi connectivity index (χ0n) is 7.46. The van der Waals surface area contributed by atoms with Crippen LogP contribution in [0, 0.1) is 0 Å². The molecule has 3 nitrogen and oxygen atoms in total. The third-order valence-corrected chi connectivity index (χ3v) is 2.51. The number of hydrogen-bond acceptors (Lipinski definition) is 3. The molecular formula is C10H14N2O. The van der Waals surface area contributed by atoms with Crippen molar-refractivity contribution >= 4 is 5.69 Å². The molecule has 0 aliphatic carbocycles. The Balaban J connectivity index is 2.48. The Morgan fingerprint density at radius 3 is 3.15 bits per heavy atom. The highest BCUT2D eigenvalue weighted by Crippen LogP contribution is 2.30. The van der Waals surface area contributed by atoms with Crippen LogP contribution < -0.4 is 11.1 Å². The Labute approximate surface area is 77.6 Å². The van der Waals surface area contributed by atoms with E-state index in [1.54, 1.807) is 0 Å². The molecule has 3 heteroatoms. The van der Waals surface area contributed by atoms with Crippen LogP contribution in [0.5, 0.6) is 0 Å². The molecule has 0 saturated carbocycles. The Morgan fingerprint density at radius 1 is 1.54 bits per heavy atom. The number of nitrogens with two attached hydrogens (primary N) is 1. The van der Waals surface area contributed by atoms with E-state index >= 15 is 0 Å². The van der Waals surface area contributed by atoms with Gasteiger partial charge in [0.15, 0.2) is 0 Å². The molecule has 1 aromatic carbocycles. The first-order valence-corrected chi connectivity index (χ1v) is 4.55. The maximum Gasteiger partial charge on any atom is 0.0702 e. The van der Waals surface area contributed by atoms with Gasteiger partial charge in [0, 0.05) is 23.8 Å². The standard InChI is InChI=1S/C10H14N2O/c11-9-4-5-12-10-7(6-13)2-1-3-8(9)10/h1-3,9,12-13H,4-6,11H2. The van der Waals surface area contributed by atoms with Crippen molar-refractivity contribution in [1.82, 2.24) is 0 Å². The molecule has 0 radical (unpaired) electrons. The van der Waals surface area contributed by atoms with Crippen molar-refractivity contribution in [2.24, 2.45) is 5.73 Å². The molecule has 1 heterocycles. The summed E-state index contributed by atoms with van der Waals surface area (Å²) in [5, 5.41) is 12.4. The molecule has 0 aromatic heterocycles. The van der Waals surface area contributed by atoms with Gasteiger partial charge in [0.25, 0.3) is 0 Å². The number of aliphatic hydroxyl groups excluding tert-OH is 1. The lowest BCUT2D eigenvalue weighted by Crippen LogP contribution is -2.23. The number of rotatable bonds is 1. The van der Waals surface area contributed by atoms with Gasteiger partial charge < -0.3 is 16.2 Å². The number of nitrogens with one attached hydrogen (secondary N) is 1. The van der Waals surface area contributed by atoms with Crippen LogP contribution in [-0.4, -0.2) is 11.7 Å². The van der Waals surface area contributed by atoms with E-state index in [9.17, 15) is 0 Å². The molecular weight excluding hydrogens is 164 g/mol. The van der Waals surface area contributed by atoms with Gasteiger partial charge in [0.2, 0.25) is 0 Å². The summed E-state index contributed by atoms with van der Waals surface area (Å²) >= 11 is 0. The van der Waals surface area contributed by atoms with Crippen LogP contribution in [0.3, 0.4) is 0 Å². The molecule has 1 aliphatic rings. The number of benzene rings is 1. The average molecular weight is 178 g/mol. The van der Waals surface area contributed by atoms with Crippen LogP contribution >= 0.6 is 0 Å². The highest BCUT2D eigenvalue weighted by Gasteiger charge is 2.17. The topological polar surface area (TPSA) is 58.3 Å². The third kappa shape index (κ3) is 1.41. The quantitative estimate of drug-likeness (QED) is 0.601. The number of para-hydroxylation sites is 1. The van der Waals surface area contributed by atoms with Gasteiger partial charge in [0.05, 0.1) is 6.61 Å². The molecule has 1 aliphatic heterocycles. The van der Waals surface area contributed by atoms with Crippen molar-refractivity contribution in [2.75, 3.05) is 11.9 Å². The van der Waals surface area contributed by atoms with Gasteiger partial charge in [-0.1, -0.05) is 18.2 Å². The van der Waals surface area contributed by atoms with E-state index in [-0.39, 0.29) is 12.6 Å². The minimum absolute atomic E-state index is 0.0723. The monoisotopic (exact) mass is 178 g/mol. The fourth-order valence-corrected chi connectivity index (χ4v) is 1.78. The molecule has 0 fully saturated rings.